The Morgan fingerprint density at radius 3 is 2.76 bits per heavy atom. The molecule has 1 N–H and O–H groups in total. The molecule has 4 heteroatoms. The monoisotopic (exact) mass is 251 g/mol. The Balaban J connectivity index is 2.15. The number of hydrogen-bond donors (Lipinski definition) is 1. The van der Waals surface area contributed by atoms with Gasteiger partial charge in [0.1, 0.15) is 6.54 Å². The van der Waals surface area contributed by atoms with E-state index in [1.54, 1.807) is 0 Å². The van der Waals surface area contributed by atoms with Crippen LogP contribution in [0.2, 0.25) is 0 Å². The van der Waals surface area contributed by atoms with E-state index in [-0.39, 0.29) is 6.54 Å². The van der Waals surface area contributed by atoms with E-state index in [1.165, 1.54) is 12.2 Å². The maximum Gasteiger partial charge on any atom is 0.323 e. The fourth-order valence-corrected chi connectivity index (χ4v) is 3.32. The van der Waals surface area contributed by atoms with Crippen LogP contribution in [0.3, 0.4) is 0 Å². The molecule has 1 aromatic rings. The van der Waals surface area contributed by atoms with Crippen molar-refractivity contribution in [2.75, 3.05) is 23.0 Å². The Morgan fingerprint density at radius 2 is 2.18 bits per heavy atom. The molecule has 0 amide bonds. The molecule has 1 aliphatic heterocycles. The third-order valence-corrected chi connectivity index (χ3v) is 4.17. The summed E-state index contributed by atoms with van der Waals surface area (Å²) in [4.78, 5) is 13.0. The van der Waals surface area contributed by atoms with Crippen molar-refractivity contribution < 1.29 is 9.90 Å². The summed E-state index contributed by atoms with van der Waals surface area (Å²) in [5, 5.41) is 9.03. The molecule has 0 spiro atoms. The van der Waals surface area contributed by atoms with Gasteiger partial charge in [-0.15, -0.1) is 0 Å². The number of hydrogen-bond acceptors (Lipinski definition) is 3. The highest BCUT2D eigenvalue weighted by Crippen LogP contribution is 2.26. The molecule has 0 bridgehead atoms. The van der Waals surface area contributed by atoms with Crippen molar-refractivity contribution in [1.82, 2.24) is 0 Å². The molecular formula is C13H17NO2S. The summed E-state index contributed by atoms with van der Waals surface area (Å²) in [5.41, 5.74) is 1.02. The first-order valence-corrected chi connectivity index (χ1v) is 7.04. The van der Waals surface area contributed by atoms with Gasteiger partial charge in [-0.05, 0) is 30.7 Å². The Labute approximate surface area is 106 Å². The van der Waals surface area contributed by atoms with Crippen LogP contribution in [0.1, 0.15) is 12.8 Å². The van der Waals surface area contributed by atoms with E-state index < -0.39 is 5.97 Å². The largest absolute Gasteiger partial charge is 0.480 e. The molecule has 17 heavy (non-hydrogen) atoms. The molecule has 1 unspecified atom stereocenters. The summed E-state index contributed by atoms with van der Waals surface area (Å²) >= 11 is 1.92. The molecule has 1 heterocycles. The third-order valence-electron chi connectivity index (χ3n) is 2.97. The van der Waals surface area contributed by atoms with Crippen molar-refractivity contribution in [3.63, 3.8) is 0 Å². The molecule has 0 saturated carbocycles. The number of rotatable bonds is 4. The van der Waals surface area contributed by atoms with Gasteiger partial charge in [-0.3, -0.25) is 4.79 Å². The lowest BCUT2D eigenvalue weighted by atomic mass is 10.1. The van der Waals surface area contributed by atoms with E-state index in [1.807, 2.05) is 47.0 Å². The van der Waals surface area contributed by atoms with Crippen molar-refractivity contribution >= 4 is 23.4 Å². The summed E-state index contributed by atoms with van der Waals surface area (Å²) in [7, 11) is 0. The number of carboxylic acid groups (broad SMARTS) is 1. The third kappa shape index (κ3) is 3.40. The summed E-state index contributed by atoms with van der Waals surface area (Å²) in [6.07, 6.45) is 2.27. The van der Waals surface area contributed by atoms with Gasteiger partial charge in [0.2, 0.25) is 0 Å². The first-order chi connectivity index (χ1) is 8.27. The average Bonchev–Trinajstić information content (AvgIpc) is 2.38. The van der Waals surface area contributed by atoms with Crippen LogP contribution in [0, 0.1) is 0 Å². The van der Waals surface area contributed by atoms with E-state index in [4.69, 9.17) is 5.11 Å². The lowest BCUT2D eigenvalue weighted by Gasteiger charge is -2.34. The molecule has 1 aromatic carbocycles. The zero-order valence-electron chi connectivity index (χ0n) is 9.71. The van der Waals surface area contributed by atoms with Crippen molar-refractivity contribution in [1.29, 1.82) is 0 Å². The van der Waals surface area contributed by atoms with Crippen LogP contribution in [0.25, 0.3) is 0 Å². The number of nitrogens with zero attached hydrogens (tertiary/aromatic N) is 1. The molecule has 92 valence electrons. The minimum Gasteiger partial charge on any atom is -0.480 e. The van der Waals surface area contributed by atoms with Gasteiger partial charge in [0.25, 0.3) is 0 Å². The van der Waals surface area contributed by atoms with E-state index >= 15 is 0 Å². The molecule has 1 fully saturated rings. The molecule has 1 saturated heterocycles. The Bertz CT molecular complexity index is 363. The molecule has 2 rings (SSSR count). The summed E-state index contributed by atoms with van der Waals surface area (Å²) in [6, 6.07) is 10.2. The van der Waals surface area contributed by atoms with Gasteiger partial charge < -0.3 is 10.0 Å². The molecule has 3 nitrogen and oxygen atoms in total. The normalized spacial score (nSPS) is 19.9. The average molecular weight is 251 g/mol. The highest BCUT2D eigenvalue weighted by Gasteiger charge is 2.23. The number of benzene rings is 1. The quantitative estimate of drug-likeness (QED) is 0.892. The van der Waals surface area contributed by atoms with Crippen LogP contribution in [-0.4, -0.2) is 35.2 Å². The van der Waals surface area contributed by atoms with Crippen LogP contribution in [-0.2, 0) is 4.79 Å². The Morgan fingerprint density at radius 1 is 1.41 bits per heavy atom. The number of anilines is 1. The van der Waals surface area contributed by atoms with Gasteiger partial charge in [0, 0.05) is 17.5 Å². The van der Waals surface area contributed by atoms with Crippen LogP contribution in [0.4, 0.5) is 5.69 Å². The van der Waals surface area contributed by atoms with Crippen LogP contribution < -0.4 is 4.90 Å². The maximum atomic E-state index is 11.0. The second-order valence-corrected chi connectivity index (χ2v) is 5.38. The second-order valence-electron chi connectivity index (χ2n) is 4.23. The topological polar surface area (TPSA) is 40.5 Å². The van der Waals surface area contributed by atoms with Crippen molar-refractivity contribution in [3.8, 4) is 0 Å². The SMILES string of the molecule is O=C(O)CN(c1ccccc1)C1CCCSC1. The van der Waals surface area contributed by atoms with E-state index in [2.05, 4.69) is 0 Å². The highest BCUT2D eigenvalue weighted by atomic mass is 32.2. The van der Waals surface area contributed by atoms with Crippen molar-refractivity contribution in [2.24, 2.45) is 0 Å². The van der Waals surface area contributed by atoms with Crippen molar-refractivity contribution in [3.05, 3.63) is 30.3 Å². The molecule has 0 radical (unpaired) electrons. The number of thioether (sulfide) groups is 1. The molecule has 0 aliphatic carbocycles. The Kier molecular flexibility index (Phi) is 4.31. The highest BCUT2D eigenvalue weighted by molar-refractivity contribution is 7.99. The lowest BCUT2D eigenvalue weighted by molar-refractivity contribution is -0.135. The zero-order valence-corrected chi connectivity index (χ0v) is 10.5. The second kappa shape index (κ2) is 5.96. The van der Waals surface area contributed by atoms with Crippen LogP contribution in [0.15, 0.2) is 30.3 Å². The van der Waals surface area contributed by atoms with Gasteiger partial charge in [-0.2, -0.15) is 11.8 Å². The van der Waals surface area contributed by atoms with Gasteiger partial charge >= 0.3 is 5.97 Å². The van der Waals surface area contributed by atoms with Gasteiger partial charge in [0.15, 0.2) is 0 Å². The number of carbonyl (C=O) groups is 1. The summed E-state index contributed by atoms with van der Waals surface area (Å²) in [5.74, 6) is 1.47. The van der Waals surface area contributed by atoms with Gasteiger partial charge in [-0.25, -0.2) is 0 Å². The van der Waals surface area contributed by atoms with E-state index in [0.717, 1.165) is 17.9 Å². The minimum absolute atomic E-state index is 0.0925. The van der Waals surface area contributed by atoms with Gasteiger partial charge in [-0.1, -0.05) is 18.2 Å². The Hall–Kier alpha value is -1.16. The molecular weight excluding hydrogens is 234 g/mol. The predicted molar refractivity (Wildman–Crippen MR) is 71.8 cm³/mol. The smallest absolute Gasteiger partial charge is 0.323 e. The van der Waals surface area contributed by atoms with E-state index in [9.17, 15) is 4.79 Å². The first kappa shape index (κ1) is 12.3. The van der Waals surface area contributed by atoms with Crippen molar-refractivity contribution in [2.45, 2.75) is 18.9 Å². The van der Waals surface area contributed by atoms with Gasteiger partial charge in [0.05, 0.1) is 0 Å². The minimum atomic E-state index is -0.760. The lowest BCUT2D eigenvalue weighted by Crippen LogP contribution is -2.42. The molecule has 1 atom stereocenters. The zero-order chi connectivity index (χ0) is 12.1. The standard InChI is InChI=1S/C13H17NO2S/c15-13(16)9-14(11-5-2-1-3-6-11)12-7-4-8-17-10-12/h1-3,5-6,12H,4,7-10H2,(H,15,16). The van der Waals surface area contributed by atoms with Crippen LogP contribution >= 0.6 is 11.8 Å². The fraction of sp³-hybridized carbons (Fsp3) is 0.462. The molecule has 0 aromatic heterocycles. The first-order valence-electron chi connectivity index (χ1n) is 5.88. The number of carboxylic acids is 1. The van der Waals surface area contributed by atoms with Crippen LogP contribution in [0.5, 0.6) is 0 Å². The fourth-order valence-electron chi connectivity index (χ4n) is 2.17. The summed E-state index contributed by atoms with van der Waals surface area (Å²) in [6.45, 7) is 0.0925. The molecule has 1 aliphatic rings. The number of aliphatic carboxylic acids is 1. The predicted octanol–water partition coefficient (Wildman–Crippen LogP) is 2.47. The maximum absolute atomic E-state index is 11.0. The van der Waals surface area contributed by atoms with E-state index in [0.29, 0.717) is 6.04 Å². The number of para-hydroxylation sites is 1. The summed E-state index contributed by atoms with van der Waals surface area (Å²) < 4.78 is 0.